The Morgan fingerprint density at radius 3 is 2.44 bits per heavy atom. The molecule has 1 aliphatic carbocycles. The van der Waals surface area contributed by atoms with Gasteiger partial charge in [-0.2, -0.15) is 13.9 Å². The number of anilines is 1. The second kappa shape index (κ2) is 8.65. The highest BCUT2D eigenvalue weighted by Crippen LogP contribution is 2.37. The Bertz CT molecular complexity index is 1410. The monoisotopic (exact) mass is 524 g/mol. The number of fused-ring (bicyclic) bond motifs is 1. The number of carbonyl (C=O) groups excluding carboxylic acids is 1. The molecule has 0 aromatic carbocycles. The van der Waals surface area contributed by atoms with E-state index < -0.39 is 27.9 Å². The van der Waals surface area contributed by atoms with Crippen LogP contribution in [0.5, 0.6) is 0 Å². The zero-order valence-corrected chi connectivity index (χ0v) is 20.8. The minimum Gasteiger partial charge on any atom is -0.415 e. The summed E-state index contributed by atoms with van der Waals surface area (Å²) in [6.45, 7) is 3.57. The van der Waals surface area contributed by atoms with Gasteiger partial charge in [-0.15, -0.1) is 10.2 Å². The van der Waals surface area contributed by atoms with Crippen molar-refractivity contribution in [2.24, 2.45) is 0 Å². The molecule has 5 rings (SSSR count). The van der Waals surface area contributed by atoms with Crippen molar-refractivity contribution in [3.05, 3.63) is 24.2 Å². The van der Waals surface area contributed by atoms with Crippen LogP contribution in [0.1, 0.15) is 32.1 Å². The van der Waals surface area contributed by atoms with Crippen molar-refractivity contribution in [2.45, 2.75) is 36.6 Å². The van der Waals surface area contributed by atoms with E-state index in [9.17, 15) is 22.0 Å². The Hall–Kier alpha value is -3.33. The molecular weight excluding hydrogens is 498 g/mol. The Kier molecular flexibility index (Phi) is 5.86. The molecule has 0 radical (unpaired) electrons. The smallest absolute Gasteiger partial charge is 0.319 e. The molecule has 1 N–H and O–H groups in total. The molecule has 194 valence electrons. The zero-order valence-electron chi connectivity index (χ0n) is 20.0. The molecule has 1 saturated carbocycles. The SMILES string of the molecule is CN(C)C(=O)N1CCN(c2cc(S(=O)(=O)NC3(C)CC3)cc3c(-c4nnc(C(F)F)o4)cnn23)CC1. The van der Waals surface area contributed by atoms with Crippen molar-refractivity contribution >= 4 is 27.4 Å². The summed E-state index contributed by atoms with van der Waals surface area (Å²) >= 11 is 0. The highest BCUT2D eigenvalue weighted by Gasteiger charge is 2.41. The quantitative estimate of drug-likeness (QED) is 0.518. The van der Waals surface area contributed by atoms with E-state index in [2.05, 4.69) is 20.0 Å². The maximum atomic E-state index is 13.3. The molecule has 3 aromatic heterocycles. The van der Waals surface area contributed by atoms with Gasteiger partial charge in [0.05, 0.1) is 22.2 Å². The normalized spacial score (nSPS) is 17.7. The van der Waals surface area contributed by atoms with Crippen LogP contribution in [0.4, 0.5) is 19.4 Å². The summed E-state index contributed by atoms with van der Waals surface area (Å²) in [5.74, 6) is -0.548. The van der Waals surface area contributed by atoms with Crippen LogP contribution in [0, 0.1) is 0 Å². The van der Waals surface area contributed by atoms with E-state index in [1.54, 1.807) is 19.0 Å². The number of aromatic nitrogens is 4. The van der Waals surface area contributed by atoms with Gasteiger partial charge in [0.25, 0.3) is 11.8 Å². The Balaban J connectivity index is 1.57. The number of sulfonamides is 1. The summed E-state index contributed by atoms with van der Waals surface area (Å²) in [4.78, 5) is 17.5. The molecule has 2 amide bonds. The predicted molar refractivity (Wildman–Crippen MR) is 124 cm³/mol. The molecule has 0 unspecified atom stereocenters. The van der Waals surface area contributed by atoms with Crippen molar-refractivity contribution in [3.63, 3.8) is 0 Å². The topological polar surface area (TPSA) is 129 Å². The number of alkyl halides is 2. The number of urea groups is 1. The molecule has 4 heterocycles. The van der Waals surface area contributed by atoms with Crippen LogP contribution in [0.15, 0.2) is 27.6 Å². The van der Waals surface area contributed by atoms with Gasteiger partial charge in [0, 0.05) is 51.9 Å². The first kappa shape index (κ1) is 24.4. The molecule has 0 atom stereocenters. The van der Waals surface area contributed by atoms with Gasteiger partial charge < -0.3 is 19.1 Å². The summed E-state index contributed by atoms with van der Waals surface area (Å²) < 4.78 is 62.0. The fourth-order valence-corrected chi connectivity index (χ4v) is 5.60. The molecule has 2 fully saturated rings. The average Bonchev–Trinajstić information content (AvgIpc) is 3.22. The molecule has 0 spiro atoms. The fourth-order valence-electron chi connectivity index (χ4n) is 4.10. The standard InChI is InChI=1S/C21H26F2N8O4S/c1-21(4-5-21)27-36(33,34)13-10-15-14(18-25-26-19(35-18)17(22)23)12-24-31(15)16(11-13)29-6-8-30(9-7-29)20(32)28(2)3/h10-12,17,27H,4-9H2,1-3H3. The minimum absolute atomic E-state index is 0.000251. The lowest BCUT2D eigenvalue weighted by atomic mass is 10.2. The lowest BCUT2D eigenvalue weighted by Crippen LogP contribution is -2.52. The molecule has 12 nitrogen and oxygen atoms in total. The third-order valence-electron chi connectivity index (χ3n) is 6.38. The van der Waals surface area contributed by atoms with Crippen LogP contribution in [0.2, 0.25) is 0 Å². The lowest BCUT2D eigenvalue weighted by Gasteiger charge is -2.37. The number of halogens is 2. The van der Waals surface area contributed by atoms with Gasteiger partial charge in [-0.3, -0.25) is 0 Å². The molecule has 2 aliphatic rings. The van der Waals surface area contributed by atoms with Gasteiger partial charge in [-0.1, -0.05) is 0 Å². The van der Waals surface area contributed by atoms with E-state index in [0.29, 0.717) is 37.5 Å². The Morgan fingerprint density at radius 1 is 1.17 bits per heavy atom. The third kappa shape index (κ3) is 4.48. The number of piperazine rings is 1. The number of nitrogens with zero attached hydrogens (tertiary/aromatic N) is 7. The molecular formula is C21H26F2N8O4S. The van der Waals surface area contributed by atoms with E-state index in [1.807, 2.05) is 11.8 Å². The summed E-state index contributed by atoms with van der Waals surface area (Å²) in [5, 5.41) is 11.4. The van der Waals surface area contributed by atoms with Crippen molar-refractivity contribution in [3.8, 4) is 11.5 Å². The van der Waals surface area contributed by atoms with Crippen LogP contribution in [0.3, 0.4) is 0 Å². The fraction of sp³-hybridized carbons (Fsp3) is 0.524. The maximum absolute atomic E-state index is 13.3. The van der Waals surface area contributed by atoms with Gasteiger partial charge in [-0.25, -0.2) is 22.4 Å². The van der Waals surface area contributed by atoms with Crippen LogP contribution < -0.4 is 9.62 Å². The summed E-state index contributed by atoms with van der Waals surface area (Å²) in [6.07, 6.45) is -0.0948. The van der Waals surface area contributed by atoms with Gasteiger partial charge in [0.2, 0.25) is 10.0 Å². The number of carbonyl (C=O) groups is 1. The summed E-state index contributed by atoms with van der Waals surface area (Å²) in [5.41, 5.74) is 0.0437. The molecule has 1 aliphatic heterocycles. The molecule has 0 bridgehead atoms. The number of amides is 2. The third-order valence-corrected chi connectivity index (χ3v) is 8.00. The predicted octanol–water partition coefficient (Wildman–Crippen LogP) is 1.96. The first-order chi connectivity index (χ1) is 17.0. The maximum Gasteiger partial charge on any atom is 0.319 e. The number of rotatable bonds is 6. The van der Waals surface area contributed by atoms with Gasteiger partial charge >= 0.3 is 12.5 Å². The van der Waals surface area contributed by atoms with Crippen LogP contribution in [-0.4, -0.2) is 89.9 Å². The largest absolute Gasteiger partial charge is 0.415 e. The van der Waals surface area contributed by atoms with Gasteiger partial charge in [-0.05, 0) is 25.8 Å². The first-order valence-electron chi connectivity index (χ1n) is 11.4. The van der Waals surface area contributed by atoms with E-state index in [0.717, 1.165) is 12.8 Å². The summed E-state index contributed by atoms with van der Waals surface area (Å²) in [7, 11) is -0.539. The molecule has 15 heteroatoms. The van der Waals surface area contributed by atoms with E-state index in [-0.39, 0.29) is 22.4 Å². The van der Waals surface area contributed by atoms with Crippen LogP contribution in [0.25, 0.3) is 17.0 Å². The second-order valence-corrected chi connectivity index (χ2v) is 11.2. The highest BCUT2D eigenvalue weighted by atomic mass is 32.2. The number of hydrogen-bond acceptors (Lipinski definition) is 8. The van der Waals surface area contributed by atoms with E-state index in [1.165, 1.54) is 27.7 Å². The second-order valence-electron chi connectivity index (χ2n) is 9.47. The van der Waals surface area contributed by atoms with E-state index >= 15 is 0 Å². The van der Waals surface area contributed by atoms with Crippen molar-refractivity contribution < 1.29 is 26.4 Å². The average molecular weight is 525 g/mol. The number of hydrogen-bond donors (Lipinski definition) is 1. The van der Waals surface area contributed by atoms with Crippen LogP contribution >= 0.6 is 0 Å². The Morgan fingerprint density at radius 2 is 1.86 bits per heavy atom. The number of pyridine rings is 1. The highest BCUT2D eigenvalue weighted by molar-refractivity contribution is 7.89. The summed E-state index contributed by atoms with van der Waals surface area (Å²) in [6, 6.07) is 2.84. The molecule has 36 heavy (non-hydrogen) atoms. The lowest BCUT2D eigenvalue weighted by molar-refractivity contribution is 0.116. The van der Waals surface area contributed by atoms with E-state index in [4.69, 9.17) is 4.42 Å². The van der Waals surface area contributed by atoms with Crippen LogP contribution in [-0.2, 0) is 10.0 Å². The van der Waals surface area contributed by atoms with Gasteiger partial charge in [0.1, 0.15) is 5.82 Å². The van der Waals surface area contributed by atoms with Crippen molar-refractivity contribution in [1.29, 1.82) is 0 Å². The number of nitrogens with one attached hydrogen (secondary N) is 1. The van der Waals surface area contributed by atoms with Crippen molar-refractivity contribution in [2.75, 3.05) is 45.2 Å². The molecule has 3 aromatic rings. The Labute approximate surface area is 205 Å². The zero-order chi connectivity index (χ0) is 25.8. The van der Waals surface area contributed by atoms with Crippen molar-refractivity contribution in [1.82, 2.24) is 34.3 Å². The minimum atomic E-state index is -3.90. The first-order valence-corrected chi connectivity index (χ1v) is 12.8. The molecule has 1 saturated heterocycles. The van der Waals surface area contributed by atoms with Gasteiger partial charge in [0.15, 0.2) is 0 Å².